The van der Waals surface area contributed by atoms with E-state index in [-0.39, 0.29) is 0 Å². The van der Waals surface area contributed by atoms with Crippen molar-refractivity contribution in [2.24, 2.45) is 0 Å². The van der Waals surface area contributed by atoms with E-state index in [2.05, 4.69) is 46.3 Å². The van der Waals surface area contributed by atoms with Crippen LogP contribution in [0.5, 0.6) is 0 Å². The van der Waals surface area contributed by atoms with E-state index in [1.165, 1.54) is 17.6 Å². The molecule has 1 heteroatoms. The summed E-state index contributed by atoms with van der Waals surface area (Å²) in [5.74, 6) is 0. The fraction of sp³-hybridized carbons (Fsp3) is 0.111. The second-order valence-corrected chi connectivity index (χ2v) is 3.36. The third kappa shape index (κ3) is 1.14. The SMILES string of the molecule is Brc1ccc(C2=CC2)cc1. The van der Waals surface area contributed by atoms with E-state index in [0.717, 1.165) is 4.47 Å². The molecule has 2 rings (SSSR count). The van der Waals surface area contributed by atoms with E-state index in [1.807, 2.05) is 0 Å². The molecule has 10 heavy (non-hydrogen) atoms. The van der Waals surface area contributed by atoms with Crippen LogP contribution in [0, 0.1) is 0 Å². The highest BCUT2D eigenvalue weighted by atomic mass is 79.9. The summed E-state index contributed by atoms with van der Waals surface area (Å²) >= 11 is 3.40. The molecule has 0 aromatic heterocycles. The van der Waals surface area contributed by atoms with Gasteiger partial charge in [0.1, 0.15) is 0 Å². The Labute approximate surface area is 68.7 Å². The highest BCUT2D eigenvalue weighted by molar-refractivity contribution is 9.10. The van der Waals surface area contributed by atoms with Crippen molar-refractivity contribution in [1.29, 1.82) is 0 Å². The first-order valence-corrected chi connectivity index (χ1v) is 4.10. The van der Waals surface area contributed by atoms with Gasteiger partial charge >= 0.3 is 0 Å². The standard InChI is InChI=1S/C9H7Br/c10-9-5-3-8(4-6-9)7-1-2-7/h1,3-6H,2H2. The lowest BCUT2D eigenvalue weighted by molar-refractivity contribution is 1.57. The maximum Gasteiger partial charge on any atom is 0.0175 e. The van der Waals surface area contributed by atoms with Crippen molar-refractivity contribution in [3.63, 3.8) is 0 Å². The first-order chi connectivity index (χ1) is 4.86. The van der Waals surface area contributed by atoms with Crippen molar-refractivity contribution in [1.82, 2.24) is 0 Å². The fourth-order valence-corrected chi connectivity index (χ4v) is 1.22. The van der Waals surface area contributed by atoms with Crippen LogP contribution in [0.25, 0.3) is 5.57 Å². The summed E-state index contributed by atoms with van der Waals surface area (Å²) in [4.78, 5) is 0. The van der Waals surface area contributed by atoms with Gasteiger partial charge in [-0.05, 0) is 29.7 Å². The second-order valence-electron chi connectivity index (χ2n) is 2.44. The van der Waals surface area contributed by atoms with E-state index in [1.54, 1.807) is 0 Å². The Morgan fingerprint density at radius 3 is 2.20 bits per heavy atom. The molecule has 0 atom stereocenters. The van der Waals surface area contributed by atoms with E-state index >= 15 is 0 Å². The van der Waals surface area contributed by atoms with Crippen molar-refractivity contribution in [2.45, 2.75) is 6.42 Å². The van der Waals surface area contributed by atoms with Crippen LogP contribution >= 0.6 is 15.9 Å². The minimum atomic E-state index is 1.15. The quantitative estimate of drug-likeness (QED) is 0.645. The fourth-order valence-electron chi connectivity index (χ4n) is 0.951. The molecular weight excluding hydrogens is 188 g/mol. The Bertz CT molecular complexity index is 269. The topological polar surface area (TPSA) is 0 Å². The summed E-state index contributed by atoms with van der Waals surface area (Å²) in [5, 5.41) is 0. The van der Waals surface area contributed by atoms with E-state index in [4.69, 9.17) is 0 Å². The van der Waals surface area contributed by atoms with Gasteiger partial charge in [-0.1, -0.05) is 34.1 Å². The van der Waals surface area contributed by atoms with Crippen LogP contribution in [-0.4, -0.2) is 0 Å². The summed E-state index contributed by atoms with van der Waals surface area (Å²) in [5.41, 5.74) is 2.84. The zero-order chi connectivity index (χ0) is 6.97. The maximum atomic E-state index is 3.40. The largest absolute Gasteiger partial charge is 0.0760 e. The molecule has 0 fully saturated rings. The van der Waals surface area contributed by atoms with Crippen molar-refractivity contribution in [3.05, 3.63) is 40.4 Å². The normalized spacial score (nSPS) is 14.7. The van der Waals surface area contributed by atoms with Gasteiger partial charge in [0.2, 0.25) is 0 Å². The van der Waals surface area contributed by atoms with Gasteiger partial charge in [-0.25, -0.2) is 0 Å². The molecule has 50 valence electrons. The monoisotopic (exact) mass is 194 g/mol. The zero-order valence-electron chi connectivity index (χ0n) is 5.47. The molecule has 0 saturated carbocycles. The molecule has 0 N–H and O–H groups in total. The molecule has 0 bridgehead atoms. The van der Waals surface area contributed by atoms with Gasteiger partial charge in [0, 0.05) is 4.47 Å². The van der Waals surface area contributed by atoms with Crippen molar-refractivity contribution < 1.29 is 0 Å². The van der Waals surface area contributed by atoms with Crippen LogP contribution in [0.4, 0.5) is 0 Å². The number of rotatable bonds is 1. The van der Waals surface area contributed by atoms with Gasteiger partial charge in [0.15, 0.2) is 0 Å². The van der Waals surface area contributed by atoms with Gasteiger partial charge in [-0.15, -0.1) is 0 Å². The lowest BCUT2D eigenvalue weighted by Gasteiger charge is -1.92. The smallest absolute Gasteiger partial charge is 0.0175 e. The van der Waals surface area contributed by atoms with Gasteiger partial charge in [-0.2, -0.15) is 0 Å². The summed E-state index contributed by atoms with van der Waals surface area (Å²) < 4.78 is 1.15. The predicted molar refractivity (Wildman–Crippen MR) is 46.7 cm³/mol. The van der Waals surface area contributed by atoms with Gasteiger partial charge in [0.25, 0.3) is 0 Å². The van der Waals surface area contributed by atoms with Crippen molar-refractivity contribution in [2.75, 3.05) is 0 Å². The molecule has 0 aliphatic heterocycles. The Hall–Kier alpha value is -0.560. The highest BCUT2D eigenvalue weighted by Gasteiger charge is 2.08. The number of halogens is 1. The van der Waals surface area contributed by atoms with E-state index in [0.29, 0.717) is 0 Å². The summed E-state index contributed by atoms with van der Waals surface area (Å²) in [6.45, 7) is 0. The molecule has 0 unspecified atom stereocenters. The summed E-state index contributed by atoms with van der Waals surface area (Å²) in [6, 6.07) is 8.44. The highest BCUT2D eigenvalue weighted by Crippen LogP contribution is 2.30. The number of allylic oxidation sites excluding steroid dienone is 2. The van der Waals surface area contributed by atoms with Crippen LogP contribution < -0.4 is 0 Å². The Morgan fingerprint density at radius 1 is 1.10 bits per heavy atom. The molecule has 0 amide bonds. The minimum Gasteiger partial charge on any atom is -0.0760 e. The predicted octanol–water partition coefficient (Wildman–Crippen LogP) is 3.24. The Morgan fingerprint density at radius 2 is 1.70 bits per heavy atom. The lowest BCUT2D eigenvalue weighted by atomic mass is 10.2. The molecule has 1 aromatic carbocycles. The van der Waals surface area contributed by atoms with E-state index < -0.39 is 0 Å². The summed E-state index contributed by atoms with van der Waals surface area (Å²) in [7, 11) is 0. The first kappa shape index (κ1) is 6.17. The third-order valence-electron chi connectivity index (χ3n) is 1.62. The molecule has 0 spiro atoms. The third-order valence-corrected chi connectivity index (χ3v) is 2.15. The van der Waals surface area contributed by atoms with Crippen LogP contribution in [0.15, 0.2) is 34.8 Å². The van der Waals surface area contributed by atoms with Crippen LogP contribution in [0.3, 0.4) is 0 Å². The average molecular weight is 195 g/mol. The molecule has 1 aliphatic carbocycles. The molecule has 0 radical (unpaired) electrons. The molecule has 1 aliphatic rings. The molecule has 0 heterocycles. The number of hydrogen-bond acceptors (Lipinski definition) is 0. The molecule has 1 aromatic rings. The Balaban J connectivity index is 2.37. The van der Waals surface area contributed by atoms with E-state index in [9.17, 15) is 0 Å². The van der Waals surface area contributed by atoms with Gasteiger partial charge < -0.3 is 0 Å². The Kier molecular flexibility index (Phi) is 1.38. The first-order valence-electron chi connectivity index (χ1n) is 3.31. The van der Waals surface area contributed by atoms with Gasteiger partial charge in [-0.3, -0.25) is 0 Å². The van der Waals surface area contributed by atoms with Crippen molar-refractivity contribution in [3.8, 4) is 0 Å². The zero-order valence-corrected chi connectivity index (χ0v) is 7.06. The minimum absolute atomic E-state index is 1.15. The lowest BCUT2D eigenvalue weighted by Crippen LogP contribution is -1.70. The van der Waals surface area contributed by atoms with Crippen LogP contribution in [0.1, 0.15) is 12.0 Å². The number of benzene rings is 1. The second kappa shape index (κ2) is 2.24. The number of hydrogen-bond donors (Lipinski definition) is 0. The van der Waals surface area contributed by atoms with Crippen molar-refractivity contribution >= 4 is 21.5 Å². The average Bonchev–Trinajstić information content (AvgIpc) is 2.71. The molecule has 0 nitrogen and oxygen atoms in total. The van der Waals surface area contributed by atoms with Crippen LogP contribution in [0.2, 0.25) is 0 Å². The molecular formula is C9H7Br. The molecule has 0 saturated heterocycles. The van der Waals surface area contributed by atoms with Gasteiger partial charge in [0.05, 0.1) is 0 Å². The summed E-state index contributed by atoms with van der Waals surface area (Å²) in [6.07, 6.45) is 3.42. The maximum absolute atomic E-state index is 3.40. The van der Waals surface area contributed by atoms with Crippen LogP contribution in [-0.2, 0) is 0 Å².